The van der Waals surface area contributed by atoms with Crippen LogP contribution < -0.4 is 15.0 Å². The number of aromatic nitrogens is 2. The molecule has 0 fully saturated rings. The summed E-state index contributed by atoms with van der Waals surface area (Å²) in [5.74, 6) is 1.13. The Morgan fingerprint density at radius 3 is 2.74 bits per heavy atom. The monoisotopic (exact) mass is 614 g/mol. The summed E-state index contributed by atoms with van der Waals surface area (Å²) < 4.78 is 13.9. The van der Waals surface area contributed by atoms with Gasteiger partial charge in [-0.25, -0.2) is 4.98 Å². The second-order valence-corrected chi connectivity index (χ2v) is 9.45. The number of nitrogens with zero attached hydrogens (tertiary/aromatic N) is 4. The summed E-state index contributed by atoms with van der Waals surface area (Å²) in [5.41, 5.74) is 2.10. The van der Waals surface area contributed by atoms with E-state index in [1.54, 1.807) is 37.3 Å². The lowest BCUT2D eigenvalue weighted by Gasteiger charge is -2.15. The number of aryl methyl sites for hydroxylation is 1. The second-order valence-electron chi connectivity index (χ2n) is 7.36. The van der Waals surface area contributed by atoms with Crippen LogP contribution in [0.3, 0.4) is 0 Å². The van der Waals surface area contributed by atoms with Crippen LogP contribution in [0.4, 0.5) is 0 Å². The van der Waals surface area contributed by atoms with E-state index in [1.165, 1.54) is 18.0 Å². The van der Waals surface area contributed by atoms with Crippen molar-refractivity contribution in [2.24, 2.45) is 5.10 Å². The van der Waals surface area contributed by atoms with Crippen molar-refractivity contribution in [3.8, 4) is 17.6 Å². The average Bonchev–Trinajstić information content (AvgIpc) is 2.86. The standard InChI is InChI=1S/C25H17Br2ClN4O3/c1-14-31-20-8-7-18(26)10-19(20)25(33)32(14)30-12-17-9-21(34-2)24(23(28)22(17)27)35-13-16-6-4-3-5-15(16)11-29/h3-10,12H,13H2,1-2H3. The molecule has 0 spiro atoms. The number of nitriles is 1. The van der Waals surface area contributed by atoms with Gasteiger partial charge in [-0.2, -0.15) is 15.0 Å². The third-order valence-electron chi connectivity index (χ3n) is 5.17. The first-order chi connectivity index (χ1) is 16.8. The molecule has 0 radical (unpaired) electrons. The van der Waals surface area contributed by atoms with E-state index in [0.29, 0.717) is 43.8 Å². The summed E-state index contributed by atoms with van der Waals surface area (Å²) >= 11 is 13.5. The maximum Gasteiger partial charge on any atom is 0.282 e. The van der Waals surface area contributed by atoms with Gasteiger partial charge < -0.3 is 9.47 Å². The fourth-order valence-corrected chi connectivity index (χ4v) is 4.42. The van der Waals surface area contributed by atoms with Gasteiger partial charge in [0.25, 0.3) is 5.56 Å². The third-order valence-corrected chi connectivity index (χ3v) is 7.10. The summed E-state index contributed by atoms with van der Waals surface area (Å²) in [5, 5.41) is 14.4. The summed E-state index contributed by atoms with van der Waals surface area (Å²) in [7, 11) is 1.50. The summed E-state index contributed by atoms with van der Waals surface area (Å²) in [6.45, 7) is 1.84. The molecular formula is C25H17Br2ClN4O3. The lowest BCUT2D eigenvalue weighted by molar-refractivity contribution is 0.284. The molecule has 0 aliphatic heterocycles. The van der Waals surface area contributed by atoms with Crippen LogP contribution in [-0.2, 0) is 6.61 Å². The molecule has 10 heteroatoms. The Balaban J connectivity index is 1.70. The van der Waals surface area contributed by atoms with Crippen LogP contribution in [0, 0.1) is 18.3 Å². The third kappa shape index (κ3) is 5.10. The summed E-state index contributed by atoms with van der Waals surface area (Å²) in [6.07, 6.45) is 1.49. The predicted molar refractivity (Wildman–Crippen MR) is 143 cm³/mol. The molecule has 0 unspecified atom stereocenters. The van der Waals surface area contributed by atoms with E-state index in [0.717, 1.165) is 10.0 Å². The van der Waals surface area contributed by atoms with Gasteiger partial charge in [-0.05, 0) is 53.2 Å². The fraction of sp³-hybridized carbons (Fsp3) is 0.120. The SMILES string of the molecule is COc1cc(C=Nn2c(C)nc3ccc(Br)cc3c2=O)c(Br)c(Cl)c1OCc1ccccc1C#N. The zero-order chi connectivity index (χ0) is 25.1. The van der Waals surface area contributed by atoms with E-state index in [2.05, 4.69) is 48.0 Å². The van der Waals surface area contributed by atoms with Crippen molar-refractivity contribution >= 4 is 60.6 Å². The Bertz CT molecular complexity index is 1580. The number of benzene rings is 3. The Morgan fingerprint density at radius 1 is 1.23 bits per heavy atom. The highest BCUT2D eigenvalue weighted by atomic mass is 79.9. The smallest absolute Gasteiger partial charge is 0.282 e. The lowest BCUT2D eigenvalue weighted by atomic mass is 10.1. The van der Waals surface area contributed by atoms with Crippen LogP contribution >= 0.6 is 43.5 Å². The predicted octanol–water partition coefficient (Wildman–Crippen LogP) is 6.22. The fourth-order valence-electron chi connectivity index (χ4n) is 3.41. The van der Waals surface area contributed by atoms with Crippen LogP contribution in [0.25, 0.3) is 10.9 Å². The van der Waals surface area contributed by atoms with Crippen LogP contribution in [0.15, 0.2) is 67.4 Å². The Hall–Kier alpha value is -3.19. The Kier molecular flexibility index (Phi) is 7.55. The van der Waals surface area contributed by atoms with Crippen LogP contribution in [0.5, 0.6) is 11.5 Å². The van der Waals surface area contributed by atoms with E-state index in [4.69, 9.17) is 21.1 Å². The van der Waals surface area contributed by atoms with E-state index in [-0.39, 0.29) is 17.2 Å². The van der Waals surface area contributed by atoms with Gasteiger partial charge in [-0.15, -0.1) is 0 Å². The topological polar surface area (TPSA) is 89.5 Å². The number of halogens is 3. The molecule has 35 heavy (non-hydrogen) atoms. The molecule has 1 aromatic heterocycles. The van der Waals surface area contributed by atoms with Crippen molar-refractivity contribution in [2.45, 2.75) is 13.5 Å². The molecule has 0 saturated carbocycles. The minimum absolute atomic E-state index is 0.132. The minimum atomic E-state index is -0.296. The van der Waals surface area contributed by atoms with Crippen molar-refractivity contribution in [3.05, 3.63) is 95.4 Å². The van der Waals surface area contributed by atoms with Gasteiger partial charge in [0.1, 0.15) is 17.5 Å². The quantitative estimate of drug-likeness (QED) is 0.240. The van der Waals surface area contributed by atoms with Crippen LogP contribution in [0.1, 0.15) is 22.5 Å². The zero-order valence-corrected chi connectivity index (χ0v) is 22.5. The number of hydrogen-bond acceptors (Lipinski definition) is 6. The summed E-state index contributed by atoms with van der Waals surface area (Å²) in [4.78, 5) is 17.5. The van der Waals surface area contributed by atoms with Crippen molar-refractivity contribution < 1.29 is 9.47 Å². The average molecular weight is 617 g/mol. The molecule has 0 aliphatic carbocycles. The minimum Gasteiger partial charge on any atom is -0.493 e. The highest BCUT2D eigenvalue weighted by Crippen LogP contribution is 2.42. The maximum atomic E-state index is 13.0. The van der Waals surface area contributed by atoms with Crippen molar-refractivity contribution in [3.63, 3.8) is 0 Å². The normalized spacial score (nSPS) is 11.1. The van der Waals surface area contributed by atoms with E-state index >= 15 is 0 Å². The van der Waals surface area contributed by atoms with Crippen molar-refractivity contribution in [1.82, 2.24) is 9.66 Å². The van der Waals surface area contributed by atoms with Gasteiger partial charge in [-0.1, -0.05) is 45.7 Å². The first kappa shape index (κ1) is 24.9. The molecule has 1 heterocycles. The molecule has 4 aromatic rings. The van der Waals surface area contributed by atoms with E-state index in [9.17, 15) is 10.1 Å². The van der Waals surface area contributed by atoms with Crippen molar-refractivity contribution in [1.29, 1.82) is 5.26 Å². The number of ether oxygens (including phenoxy) is 2. The second kappa shape index (κ2) is 10.6. The molecule has 0 N–H and O–H groups in total. The van der Waals surface area contributed by atoms with Gasteiger partial charge in [0.15, 0.2) is 11.5 Å². The first-order valence-electron chi connectivity index (χ1n) is 10.2. The molecule has 0 aliphatic rings. The van der Waals surface area contributed by atoms with E-state index in [1.807, 2.05) is 18.2 Å². The Labute approximate surface area is 222 Å². The van der Waals surface area contributed by atoms with Gasteiger partial charge in [-0.3, -0.25) is 4.79 Å². The molecule has 7 nitrogen and oxygen atoms in total. The van der Waals surface area contributed by atoms with Crippen LogP contribution in [0.2, 0.25) is 5.02 Å². The van der Waals surface area contributed by atoms with Crippen LogP contribution in [-0.4, -0.2) is 23.0 Å². The summed E-state index contributed by atoms with van der Waals surface area (Å²) in [6, 6.07) is 16.3. The van der Waals surface area contributed by atoms with Gasteiger partial charge in [0.05, 0.1) is 35.9 Å². The molecule has 4 rings (SSSR count). The number of methoxy groups -OCH3 is 1. The number of hydrogen-bond donors (Lipinski definition) is 0. The molecule has 0 atom stereocenters. The molecular weight excluding hydrogens is 600 g/mol. The highest BCUT2D eigenvalue weighted by molar-refractivity contribution is 9.10. The van der Waals surface area contributed by atoms with Gasteiger partial charge in [0, 0.05) is 20.1 Å². The molecule has 176 valence electrons. The molecule has 0 saturated heterocycles. The van der Waals surface area contributed by atoms with Gasteiger partial charge >= 0.3 is 0 Å². The zero-order valence-electron chi connectivity index (χ0n) is 18.6. The lowest BCUT2D eigenvalue weighted by Crippen LogP contribution is -2.20. The molecule has 0 amide bonds. The van der Waals surface area contributed by atoms with Gasteiger partial charge in [0.2, 0.25) is 0 Å². The molecule has 0 bridgehead atoms. The van der Waals surface area contributed by atoms with Crippen molar-refractivity contribution in [2.75, 3.05) is 7.11 Å². The Morgan fingerprint density at radius 2 is 2.00 bits per heavy atom. The number of rotatable bonds is 6. The van der Waals surface area contributed by atoms with E-state index < -0.39 is 0 Å². The highest BCUT2D eigenvalue weighted by Gasteiger charge is 2.18. The molecule has 3 aromatic carbocycles. The number of fused-ring (bicyclic) bond motifs is 1. The largest absolute Gasteiger partial charge is 0.493 e. The maximum absolute atomic E-state index is 13.0. The first-order valence-corrected chi connectivity index (χ1v) is 12.2.